The van der Waals surface area contributed by atoms with E-state index in [-0.39, 0.29) is 22.6 Å². The van der Waals surface area contributed by atoms with Gasteiger partial charge in [0, 0.05) is 17.7 Å². The molecule has 0 aliphatic carbocycles. The van der Waals surface area contributed by atoms with Crippen LogP contribution in [0.15, 0.2) is 36.4 Å². The summed E-state index contributed by atoms with van der Waals surface area (Å²) in [4.78, 5) is 13.0. The molecule has 4 rings (SSSR count). The fraction of sp³-hybridized carbons (Fsp3) is 0.350. The fourth-order valence-corrected chi connectivity index (χ4v) is 3.98. The van der Waals surface area contributed by atoms with Crippen LogP contribution in [0.3, 0.4) is 0 Å². The van der Waals surface area contributed by atoms with Crippen molar-refractivity contribution in [2.24, 2.45) is 0 Å². The summed E-state index contributed by atoms with van der Waals surface area (Å²) in [7, 11) is 0. The van der Waals surface area contributed by atoms with Crippen LogP contribution in [-0.4, -0.2) is 72.2 Å². The molecule has 2 aromatic carbocycles. The van der Waals surface area contributed by atoms with E-state index in [4.69, 9.17) is 9.47 Å². The second kappa shape index (κ2) is 6.83. The Bertz CT molecular complexity index is 990. The molecule has 10 heteroatoms. The number of hydrogen-bond donors (Lipinski definition) is 7. The standard InChI is InChI=1S/C20H20O10/c21-10-3-1-9(2-4-10)19(20(28)18(27)17(26)14(25)8-29-20)7-13(24)16-12(23)5-11(22)6-15(16)30-19/h1-6,14,17-18,21-23,25-28H,7-8H2/t14-,17+,18-,19?,20?/m1/s1. The lowest BCUT2D eigenvalue weighted by atomic mass is 9.73. The molecule has 0 spiro atoms. The number of aliphatic hydroxyl groups excluding tert-OH is 3. The fourth-order valence-electron chi connectivity index (χ4n) is 3.98. The van der Waals surface area contributed by atoms with Gasteiger partial charge in [-0.05, 0) is 12.1 Å². The van der Waals surface area contributed by atoms with E-state index >= 15 is 0 Å². The summed E-state index contributed by atoms with van der Waals surface area (Å²) in [5.41, 5.74) is -2.31. The molecule has 5 atom stereocenters. The monoisotopic (exact) mass is 420 g/mol. The van der Waals surface area contributed by atoms with Gasteiger partial charge >= 0.3 is 0 Å². The van der Waals surface area contributed by atoms with Crippen molar-refractivity contribution >= 4 is 5.78 Å². The van der Waals surface area contributed by atoms with E-state index in [2.05, 4.69) is 0 Å². The van der Waals surface area contributed by atoms with E-state index in [9.17, 15) is 40.5 Å². The summed E-state index contributed by atoms with van der Waals surface area (Å²) in [5.74, 6) is -4.81. The third-order valence-corrected chi connectivity index (χ3v) is 5.54. The lowest BCUT2D eigenvalue weighted by Crippen LogP contribution is -2.72. The molecule has 1 saturated heterocycles. The van der Waals surface area contributed by atoms with E-state index in [0.29, 0.717) is 0 Å². The molecule has 0 aromatic heterocycles. The first-order chi connectivity index (χ1) is 14.1. The molecule has 0 bridgehead atoms. The number of carbonyl (C=O) groups excluding carboxylic acids is 1. The Labute approximate surface area is 169 Å². The predicted octanol–water partition coefficient (Wildman–Crippen LogP) is -0.534. The van der Waals surface area contributed by atoms with Crippen molar-refractivity contribution in [3.63, 3.8) is 0 Å². The summed E-state index contributed by atoms with van der Waals surface area (Å²) in [6, 6.07) is 7.15. The van der Waals surface area contributed by atoms with Gasteiger partial charge in [-0.1, -0.05) is 12.1 Å². The van der Waals surface area contributed by atoms with Crippen molar-refractivity contribution in [2.75, 3.05) is 6.61 Å². The number of phenolic OH excluding ortho intramolecular Hbond substituents is 3. The molecule has 7 N–H and O–H groups in total. The molecule has 0 amide bonds. The topological polar surface area (TPSA) is 177 Å². The highest BCUT2D eigenvalue weighted by Crippen LogP contribution is 2.52. The summed E-state index contributed by atoms with van der Waals surface area (Å²) >= 11 is 0. The number of rotatable bonds is 2. The van der Waals surface area contributed by atoms with Crippen molar-refractivity contribution in [1.82, 2.24) is 0 Å². The molecule has 2 heterocycles. The highest BCUT2D eigenvalue weighted by Gasteiger charge is 2.66. The second-order valence-electron chi connectivity index (χ2n) is 7.42. The average Bonchev–Trinajstić information content (AvgIpc) is 2.68. The Morgan fingerprint density at radius 3 is 2.30 bits per heavy atom. The number of phenols is 3. The SMILES string of the molecule is O=C1CC(c2ccc(O)cc2)(C2(O)OC[C@@H](O)[C@H](O)[C@H]2O)Oc2cc(O)cc(O)c21. The molecule has 2 aliphatic rings. The third-order valence-electron chi connectivity index (χ3n) is 5.54. The second-order valence-corrected chi connectivity index (χ2v) is 7.42. The Morgan fingerprint density at radius 1 is 0.967 bits per heavy atom. The van der Waals surface area contributed by atoms with Crippen LogP contribution in [0.25, 0.3) is 0 Å². The van der Waals surface area contributed by atoms with Gasteiger partial charge in [0.2, 0.25) is 5.79 Å². The normalized spacial score (nSPS) is 33.6. The number of hydrogen-bond acceptors (Lipinski definition) is 10. The number of ether oxygens (including phenoxy) is 2. The molecule has 30 heavy (non-hydrogen) atoms. The average molecular weight is 420 g/mol. The predicted molar refractivity (Wildman–Crippen MR) is 98.1 cm³/mol. The maximum atomic E-state index is 13.0. The number of fused-ring (bicyclic) bond motifs is 1. The van der Waals surface area contributed by atoms with Crippen molar-refractivity contribution in [2.45, 2.75) is 36.1 Å². The van der Waals surface area contributed by atoms with Crippen molar-refractivity contribution in [1.29, 1.82) is 0 Å². The maximum Gasteiger partial charge on any atom is 0.241 e. The largest absolute Gasteiger partial charge is 0.508 e. The number of benzene rings is 2. The molecular weight excluding hydrogens is 400 g/mol. The first kappa shape index (κ1) is 20.4. The van der Waals surface area contributed by atoms with E-state index < -0.39 is 60.0 Å². The molecule has 0 saturated carbocycles. The maximum absolute atomic E-state index is 13.0. The van der Waals surface area contributed by atoms with Crippen LogP contribution in [0, 0.1) is 0 Å². The van der Waals surface area contributed by atoms with Gasteiger partial charge in [-0.3, -0.25) is 4.79 Å². The lowest BCUT2D eigenvalue weighted by Gasteiger charge is -2.53. The minimum Gasteiger partial charge on any atom is -0.508 e. The Kier molecular flexibility index (Phi) is 4.64. The Balaban J connectivity index is 1.94. The van der Waals surface area contributed by atoms with Crippen LogP contribution in [0.4, 0.5) is 0 Å². The van der Waals surface area contributed by atoms with Crippen LogP contribution in [0.2, 0.25) is 0 Å². The highest BCUT2D eigenvalue weighted by molar-refractivity contribution is 6.03. The number of ketones is 1. The van der Waals surface area contributed by atoms with Gasteiger partial charge < -0.3 is 45.2 Å². The smallest absolute Gasteiger partial charge is 0.241 e. The number of aliphatic hydroxyl groups is 4. The van der Waals surface area contributed by atoms with Crippen LogP contribution in [0.5, 0.6) is 23.0 Å². The zero-order chi connectivity index (χ0) is 21.8. The lowest BCUT2D eigenvalue weighted by molar-refractivity contribution is -0.378. The van der Waals surface area contributed by atoms with Gasteiger partial charge in [-0.15, -0.1) is 0 Å². The van der Waals surface area contributed by atoms with E-state index in [1.165, 1.54) is 24.3 Å². The zero-order valence-electron chi connectivity index (χ0n) is 15.5. The van der Waals surface area contributed by atoms with Gasteiger partial charge in [0.1, 0.15) is 46.9 Å². The van der Waals surface area contributed by atoms with Gasteiger partial charge in [-0.2, -0.15) is 0 Å². The quantitative estimate of drug-likeness (QED) is 0.334. The van der Waals surface area contributed by atoms with Crippen LogP contribution in [0.1, 0.15) is 22.3 Å². The molecule has 10 nitrogen and oxygen atoms in total. The van der Waals surface area contributed by atoms with Crippen molar-refractivity contribution < 1.29 is 50.0 Å². The number of Topliss-reactive ketones (excluding diaryl/α,β-unsaturated/α-hetero) is 1. The molecule has 2 aliphatic heterocycles. The summed E-state index contributed by atoms with van der Waals surface area (Å²) in [6.07, 6.45) is -6.07. The van der Waals surface area contributed by atoms with E-state index in [1.54, 1.807) is 0 Å². The first-order valence-electron chi connectivity index (χ1n) is 9.07. The van der Waals surface area contributed by atoms with Gasteiger partial charge in [0.15, 0.2) is 11.4 Å². The molecule has 1 fully saturated rings. The van der Waals surface area contributed by atoms with Crippen molar-refractivity contribution in [3.8, 4) is 23.0 Å². The number of carbonyl (C=O) groups is 1. The molecule has 0 radical (unpaired) electrons. The van der Waals surface area contributed by atoms with Crippen LogP contribution >= 0.6 is 0 Å². The van der Waals surface area contributed by atoms with Crippen molar-refractivity contribution in [3.05, 3.63) is 47.5 Å². The molecule has 160 valence electrons. The molecule has 2 unspecified atom stereocenters. The van der Waals surface area contributed by atoms with E-state index in [0.717, 1.165) is 12.1 Å². The van der Waals surface area contributed by atoms with Crippen LogP contribution < -0.4 is 4.74 Å². The summed E-state index contributed by atoms with van der Waals surface area (Å²) in [6.45, 7) is -0.579. The Morgan fingerprint density at radius 2 is 1.63 bits per heavy atom. The van der Waals surface area contributed by atoms with E-state index in [1.807, 2.05) is 0 Å². The minimum atomic E-state index is -2.73. The highest BCUT2D eigenvalue weighted by atomic mass is 16.7. The molecule has 2 aromatic rings. The Hall–Kier alpha value is -2.89. The van der Waals surface area contributed by atoms with Gasteiger partial charge in [0.25, 0.3) is 0 Å². The van der Waals surface area contributed by atoms with Gasteiger partial charge in [0.05, 0.1) is 13.0 Å². The summed E-state index contributed by atoms with van der Waals surface area (Å²) in [5, 5.41) is 71.5. The zero-order valence-corrected chi connectivity index (χ0v) is 15.5. The van der Waals surface area contributed by atoms with Crippen LogP contribution in [-0.2, 0) is 10.3 Å². The molecular formula is C20H20O10. The minimum absolute atomic E-state index is 0.0901. The third kappa shape index (κ3) is 2.81. The first-order valence-corrected chi connectivity index (χ1v) is 9.07. The number of aromatic hydroxyl groups is 3. The van der Waals surface area contributed by atoms with Gasteiger partial charge in [-0.25, -0.2) is 0 Å². The summed E-state index contributed by atoms with van der Waals surface area (Å²) < 4.78 is 11.3.